The average molecular weight is 642 g/mol. The first kappa shape index (κ1) is 35.9. The van der Waals surface area contributed by atoms with Gasteiger partial charge in [-0.3, -0.25) is 4.79 Å². The molecule has 16 heteroatoms. The minimum absolute atomic E-state index is 0.0180. The van der Waals surface area contributed by atoms with E-state index in [0.29, 0.717) is 30.9 Å². The van der Waals surface area contributed by atoms with Crippen LogP contribution < -0.4 is 4.74 Å². The number of allylic oxidation sites excluding steroid dienone is 1. The SMILES string of the molecule is O=C(C=Cc1ccc(C(F)(F)C(F)(F)C(F)(F)C(F)(F)C(F)(F)C(F)(F)F)cc1)c1ccc(OCCCCCCO)cc1. The minimum atomic E-state index is -7.97. The molecule has 0 heterocycles. The summed E-state index contributed by atoms with van der Waals surface area (Å²) in [6.45, 7) is 0.485. The van der Waals surface area contributed by atoms with E-state index in [1.807, 2.05) is 0 Å². The number of benzene rings is 2. The summed E-state index contributed by atoms with van der Waals surface area (Å²) in [5, 5.41) is 8.72. The van der Waals surface area contributed by atoms with Crippen molar-refractivity contribution >= 4 is 11.9 Å². The van der Waals surface area contributed by atoms with Crippen molar-refractivity contribution < 1.29 is 71.7 Å². The zero-order valence-corrected chi connectivity index (χ0v) is 21.7. The van der Waals surface area contributed by atoms with Crippen molar-refractivity contribution in [1.29, 1.82) is 0 Å². The highest BCUT2D eigenvalue weighted by atomic mass is 19.4. The van der Waals surface area contributed by atoms with Crippen molar-refractivity contribution in [2.75, 3.05) is 13.2 Å². The summed E-state index contributed by atoms with van der Waals surface area (Å²) in [6.07, 6.45) is -2.51. The molecule has 3 nitrogen and oxygen atoms in total. The molecule has 240 valence electrons. The van der Waals surface area contributed by atoms with Gasteiger partial charge < -0.3 is 9.84 Å². The van der Waals surface area contributed by atoms with Crippen LogP contribution in [0.2, 0.25) is 0 Å². The molecular formula is C27H23F13O3. The van der Waals surface area contributed by atoms with Crippen molar-refractivity contribution in [2.45, 2.75) is 61.5 Å². The van der Waals surface area contributed by atoms with E-state index in [4.69, 9.17) is 9.84 Å². The normalized spacial score (nSPS) is 13.9. The number of aliphatic hydroxyl groups is 1. The van der Waals surface area contributed by atoms with E-state index in [0.717, 1.165) is 31.4 Å². The Morgan fingerprint density at radius 1 is 0.651 bits per heavy atom. The summed E-state index contributed by atoms with van der Waals surface area (Å²) < 4.78 is 179. The Hall–Kier alpha value is -3.30. The highest BCUT2D eigenvalue weighted by Gasteiger charge is 2.90. The third kappa shape index (κ3) is 7.27. The van der Waals surface area contributed by atoms with Crippen molar-refractivity contribution in [1.82, 2.24) is 0 Å². The van der Waals surface area contributed by atoms with E-state index in [2.05, 4.69) is 0 Å². The Balaban J connectivity index is 2.15. The number of halogens is 13. The van der Waals surface area contributed by atoms with Crippen LogP contribution >= 0.6 is 0 Å². The Morgan fingerprint density at radius 3 is 1.67 bits per heavy atom. The molecule has 0 aliphatic carbocycles. The first-order chi connectivity index (χ1) is 19.6. The first-order valence-electron chi connectivity index (χ1n) is 12.3. The maximum Gasteiger partial charge on any atom is 0.460 e. The number of ether oxygens (including phenoxy) is 1. The standard InChI is InChI=1S/C27H23F13O3/c28-22(29,23(30,31)24(32,33)25(34,35)26(36,37)27(38,39)40)19-10-5-17(6-11-19)7-14-21(42)18-8-12-20(13-9-18)43-16-4-2-1-3-15-41/h5-14,41H,1-4,15-16H2. The third-order valence-electron chi connectivity index (χ3n) is 6.09. The van der Waals surface area contributed by atoms with Crippen molar-refractivity contribution in [2.24, 2.45) is 0 Å². The predicted molar refractivity (Wildman–Crippen MR) is 127 cm³/mol. The lowest BCUT2D eigenvalue weighted by Crippen LogP contribution is -2.69. The highest BCUT2D eigenvalue weighted by Crippen LogP contribution is 2.62. The molecule has 0 saturated heterocycles. The molecule has 1 N–H and O–H groups in total. The van der Waals surface area contributed by atoms with Gasteiger partial charge in [-0.1, -0.05) is 36.8 Å². The van der Waals surface area contributed by atoms with E-state index in [9.17, 15) is 61.9 Å². The van der Waals surface area contributed by atoms with Crippen LogP contribution in [0.1, 0.15) is 47.2 Å². The number of hydrogen-bond acceptors (Lipinski definition) is 3. The largest absolute Gasteiger partial charge is 0.494 e. The Bertz CT molecular complexity index is 1240. The molecule has 0 aromatic heterocycles. The van der Waals surface area contributed by atoms with Gasteiger partial charge in [0.15, 0.2) is 5.78 Å². The predicted octanol–water partition coefficient (Wildman–Crippen LogP) is 8.71. The average Bonchev–Trinajstić information content (AvgIpc) is 2.93. The van der Waals surface area contributed by atoms with Gasteiger partial charge in [-0.05, 0) is 55.2 Å². The zero-order chi connectivity index (χ0) is 32.9. The molecule has 0 amide bonds. The zero-order valence-electron chi connectivity index (χ0n) is 21.7. The van der Waals surface area contributed by atoms with Crippen LogP contribution in [0.5, 0.6) is 5.75 Å². The number of hydrogen-bond donors (Lipinski definition) is 1. The lowest BCUT2D eigenvalue weighted by Gasteiger charge is -2.39. The fourth-order valence-corrected chi connectivity index (χ4v) is 3.50. The molecule has 0 aliphatic rings. The van der Waals surface area contributed by atoms with Crippen LogP contribution in [0.3, 0.4) is 0 Å². The van der Waals surface area contributed by atoms with Crippen molar-refractivity contribution in [3.63, 3.8) is 0 Å². The molecule has 0 fully saturated rings. The molecule has 0 spiro atoms. The molecule has 0 aliphatic heterocycles. The van der Waals surface area contributed by atoms with Crippen LogP contribution in [0.15, 0.2) is 54.6 Å². The van der Waals surface area contributed by atoms with Gasteiger partial charge in [-0.25, -0.2) is 0 Å². The van der Waals surface area contributed by atoms with Crippen LogP contribution in [0.25, 0.3) is 6.08 Å². The van der Waals surface area contributed by atoms with Crippen LogP contribution in [0.4, 0.5) is 57.1 Å². The second-order valence-electron chi connectivity index (χ2n) is 9.20. The fourth-order valence-electron chi connectivity index (χ4n) is 3.50. The summed E-state index contributed by atoms with van der Waals surface area (Å²) in [5.41, 5.74) is -2.15. The van der Waals surface area contributed by atoms with Crippen LogP contribution in [-0.2, 0) is 5.92 Å². The number of alkyl halides is 13. The monoisotopic (exact) mass is 642 g/mol. The maximum atomic E-state index is 14.3. The van der Waals surface area contributed by atoms with E-state index in [1.165, 1.54) is 24.3 Å². The van der Waals surface area contributed by atoms with Gasteiger partial charge in [0.1, 0.15) is 5.75 Å². The molecule has 0 atom stereocenters. The van der Waals surface area contributed by atoms with Crippen molar-refractivity contribution in [3.8, 4) is 5.75 Å². The molecule has 2 aromatic rings. The van der Waals surface area contributed by atoms with E-state index >= 15 is 0 Å². The molecule has 43 heavy (non-hydrogen) atoms. The van der Waals surface area contributed by atoms with Gasteiger partial charge in [-0.2, -0.15) is 57.1 Å². The Kier molecular flexibility index (Phi) is 11.0. The molecular weight excluding hydrogens is 619 g/mol. The summed E-state index contributed by atoms with van der Waals surface area (Å²) in [4.78, 5) is 12.3. The van der Waals surface area contributed by atoms with E-state index in [1.54, 1.807) is 0 Å². The third-order valence-corrected chi connectivity index (χ3v) is 6.09. The smallest absolute Gasteiger partial charge is 0.460 e. The second-order valence-corrected chi connectivity index (χ2v) is 9.20. The number of carbonyl (C=O) groups excluding carboxylic acids is 1. The molecule has 0 saturated carbocycles. The number of carbonyl (C=O) groups is 1. The van der Waals surface area contributed by atoms with Crippen LogP contribution in [0, 0.1) is 0 Å². The maximum absolute atomic E-state index is 14.3. The number of aliphatic hydroxyl groups excluding tert-OH is 1. The topological polar surface area (TPSA) is 46.5 Å². The lowest BCUT2D eigenvalue weighted by molar-refractivity contribution is -0.441. The second kappa shape index (κ2) is 13.1. The van der Waals surface area contributed by atoms with Gasteiger partial charge in [0.25, 0.3) is 0 Å². The van der Waals surface area contributed by atoms with Gasteiger partial charge in [0.2, 0.25) is 0 Å². The van der Waals surface area contributed by atoms with Crippen LogP contribution in [-0.4, -0.2) is 54.0 Å². The number of rotatable bonds is 15. The summed E-state index contributed by atoms with van der Waals surface area (Å²) in [6, 6.07) is 6.89. The van der Waals surface area contributed by atoms with Gasteiger partial charge in [0.05, 0.1) is 6.61 Å². The Morgan fingerprint density at radius 2 is 1.16 bits per heavy atom. The molecule has 0 bridgehead atoms. The summed E-state index contributed by atoms with van der Waals surface area (Å²) in [7, 11) is 0. The van der Waals surface area contributed by atoms with E-state index in [-0.39, 0.29) is 29.9 Å². The number of unbranched alkanes of at least 4 members (excludes halogenated alkanes) is 3. The number of ketones is 1. The lowest BCUT2D eigenvalue weighted by atomic mass is 9.90. The minimum Gasteiger partial charge on any atom is -0.494 e. The quantitative estimate of drug-likeness (QED) is 0.0916. The van der Waals surface area contributed by atoms with E-state index < -0.39 is 47.1 Å². The van der Waals surface area contributed by atoms with Gasteiger partial charge in [-0.15, -0.1) is 0 Å². The van der Waals surface area contributed by atoms with Gasteiger partial charge in [0, 0.05) is 17.7 Å². The fraction of sp³-hybridized carbons (Fsp3) is 0.444. The van der Waals surface area contributed by atoms with Gasteiger partial charge >= 0.3 is 35.8 Å². The molecule has 2 rings (SSSR count). The summed E-state index contributed by atoms with van der Waals surface area (Å²) in [5.74, 6) is -37.6. The van der Waals surface area contributed by atoms with Crippen molar-refractivity contribution in [3.05, 3.63) is 71.3 Å². The summed E-state index contributed by atoms with van der Waals surface area (Å²) >= 11 is 0. The highest BCUT2D eigenvalue weighted by molar-refractivity contribution is 6.06. The molecule has 0 radical (unpaired) electrons. The first-order valence-corrected chi connectivity index (χ1v) is 12.3. The molecule has 0 unspecified atom stereocenters. The molecule has 2 aromatic carbocycles. The Labute approximate surface area is 235 Å².